The van der Waals surface area contributed by atoms with Gasteiger partial charge in [-0.15, -0.1) is 0 Å². The third kappa shape index (κ3) is 5.44. The van der Waals surface area contributed by atoms with Crippen molar-refractivity contribution in [3.05, 3.63) is 89.5 Å². The van der Waals surface area contributed by atoms with Crippen LogP contribution in [0.2, 0.25) is 0 Å². The summed E-state index contributed by atoms with van der Waals surface area (Å²) in [4.78, 5) is 12.9. The average Bonchev–Trinajstić information content (AvgIpc) is 2.77. The fourth-order valence-corrected chi connectivity index (χ4v) is 4.74. The summed E-state index contributed by atoms with van der Waals surface area (Å²) < 4.78 is 33.1. The van der Waals surface area contributed by atoms with E-state index in [0.717, 1.165) is 22.4 Å². The highest BCUT2D eigenvalue weighted by Crippen LogP contribution is 2.27. The highest BCUT2D eigenvalue weighted by Gasteiger charge is 2.28. The third-order valence-corrected chi connectivity index (χ3v) is 6.66. The Labute approximate surface area is 183 Å². The topological polar surface area (TPSA) is 75.7 Å². The molecule has 1 N–H and O–H groups in total. The van der Waals surface area contributed by atoms with E-state index >= 15 is 0 Å². The van der Waals surface area contributed by atoms with Crippen molar-refractivity contribution in [3.63, 3.8) is 0 Å². The molecule has 0 fully saturated rings. The first-order chi connectivity index (χ1) is 14.8. The van der Waals surface area contributed by atoms with Crippen LogP contribution in [-0.4, -0.2) is 28.0 Å². The molecule has 0 aliphatic heterocycles. The number of ether oxygens (including phenoxy) is 1. The SMILES string of the molecule is COc1ccc(CNC(=O)CN(c2ccc(C)cc2C)S(=O)(=O)c2ccccc2)cc1. The maximum atomic E-state index is 13.4. The van der Waals surface area contributed by atoms with Crippen molar-refractivity contribution in [2.75, 3.05) is 18.0 Å². The molecule has 0 radical (unpaired) electrons. The first-order valence-electron chi connectivity index (χ1n) is 9.86. The number of carbonyl (C=O) groups is 1. The Morgan fingerprint density at radius 2 is 1.65 bits per heavy atom. The number of nitrogens with zero attached hydrogens (tertiary/aromatic N) is 1. The van der Waals surface area contributed by atoms with Gasteiger partial charge < -0.3 is 10.1 Å². The number of sulfonamides is 1. The van der Waals surface area contributed by atoms with Crippen LogP contribution >= 0.6 is 0 Å². The predicted octanol–water partition coefficient (Wildman–Crippen LogP) is 3.82. The Hall–Kier alpha value is -3.32. The molecule has 162 valence electrons. The number of hydrogen-bond donors (Lipinski definition) is 1. The van der Waals surface area contributed by atoms with Crippen molar-refractivity contribution in [3.8, 4) is 5.75 Å². The first kappa shape index (κ1) is 22.4. The number of amides is 1. The van der Waals surface area contributed by atoms with Crippen LogP contribution in [0, 0.1) is 13.8 Å². The van der Waals surface area contributed by atoms with E-state index in [4.69, 9.17) is 4.74 Å². The summed E-state index contributed by atoms with van der Waals surface area (Å²) in [5.41, 5.74) is 3.16. The van der Waals surface area contributed by atoms with Crippen LogP contribution in [0.4, 0.5) is 5.69 Å². The Kier molecular flexibility index (Phi) is 6.97. The Morgan fingerprint density at radius 1 is 0.968 bits per heavy atom. The van der Waals surface area contributed by atoms with Crippen molar-refractivity contribution >= 4 is 21.6 Å². The van der Waals surface area contributed by atoms with E-state index in [-0.39, 0.29) is 18.0 Å². The second-order valence-electron chi connectivity index (χ2n) is 7.24. The molecule has 0 saturated carbocycles. The standard InChI is InChI=1S/C24H26N2O4S/c1-18-9-14-23(19(2)15-18)26(31(28,29)22-7-5-4-6-8-22)17-24(27)25-16-20-10-12-21(30-3)13-11-20/h4-15H,16-17H2,1-3H3,(H,25,27). The van der Waals surface area contributed by atoms with Crippen LogP contribution in [0.1, 0.15) is 16.7 Å². The molecule has 0 unspecified atom stereocenters. The minimum absolute atomic E-state index is 0.137. The molecule has 0 atom stereocenters. The van der Waals surface area contributed by atoms with Gasteiger partial charge in [-0.25, -0.2) is 8.42 Å². The Morgan fingerprint density at radius 3 is 2.26 bits per heavy atom. The first-order valence-corrected chi connectivity index (χ1v) is 11.3. The second-order valence-corrected chi connectivity index (χ2v) is 9.10. The highest BCUT2D eigenvalue weighted by atomic mass is 32.2. The fraction of sp³-hybridized carbons (Fsp3) is 0.208. The number of methoxy groups -OCH3 is 1. The Bertz CT molecular complexity index is 1140. The van der Waals surface area contributed by atoms with Gasteiger partial charge in [0, 0.05) is 6.54 Å². The molecule has 3 aromatic rings. The van der Waals surface area contributed by atoms with E-state index in [1.807, 2.05) is 50.2 Å². The molecule has 0 spiro atoms. The lowest BCUT2D eigenvalue weighted by Crippen LogP contribution is -2.41. The minimum atomic E-state index is -3.92. The van der Waals surface area contributed by atoms with Crippen LogP contribution in [-0.2, 0) is 21.4 Å². The van der Waals surface area contributed by atoms with Gasteiger partial charge in [0.05, 0.1) is 17.7 Å². The van der Waals surface area contributed by atoms with Crippen LogP contribution < -0.4 is 14.4 Å². The number of rotatable bonds is 8. The molecule has 0 aliphatic carbocycles. The number of nitrogens with one attached hydrogen (secondary N) is 1. The largest absolute Gasteiger partial charge is 0.497 e. The fourth-order valence-electron chi connectivity index (χ4n) is 3.23. The molecule has 0 bridgehead atoms. The summed E-state index contributed by atoms with van der Waals surface area (Å²) in [7, 11) is -2.33. The molecule has 7 heteroatoms. The van der Waals surface area contributed by atoms with E-state index in [2.05, 4.69) is 5.32 Å². The third-order valence-electron chi connectivity index (χ3n) is 4.89. The molecule has 6 nitrogen and oxygen atoms in total. The van der Waals surface area contributed by atoms with Gasteiger partial charge in [0.25, 0.3) is 10.0 Å². The maximum Gasteiger partial charge on any atom is 0.264 e. The molecule has 0 saturated heterocycles. The van der Waals surface area contributed by atoms with E-state index < -0.39 is 15.9 Å². The lowest BCUT2D eigenvalue weighted by Gasteiger charge is -2.26. The number of hydrogen-bond acceptors (Lipinski definition) is 4. The molecular weight excluding hydrogens is 412 g/mol. The highest BCUT2D eigenvalue weighted by molar-refractivity contribution is 7.92. The van der Waals surface area contributed by atoms with Crippen LogP contribution in [0.15, 0.2) is 77.7 Å². The van der Waals surface area contributed by atoms with Crippen LogP contribution in [0.25, 0.3) is 0 Å². The van der Waals surface area contributed by atoms with E-state index in [1.165, 1.54) is 16.4 Å². The summed E-state index contributed by atoms with van der Waals surface area (Å²) >= 11 is 0. The maximum absolute atomic E-state index is 13.4. The predicted molar refractivity (Wildman–Crippen MR) is 122 cm³/mol. The second kappa shape index (κ2) is 9.66. The van der Waals surface area contributed by atoms with Crippen molar-refractivity contribution < 1.29 is 17.9 Å². The summed E-state index contributed by atoms with van der Waals surface area (Å²) in [6, 6.07) is 20.9. The van der Waals surface area contributed by atoms with E-state index in [1.54, 1.807) is 31.4 Å². The molecule has 1 amide bonds. The summed E-state index contributed by atoms with van der Waals surface area (Å²) in [6.45, 7) is 3.74. The zero-order valence-corrected chi connectivity index (χ0v) is 18.6. The monoisotopic (exact) mass is 438 g/mol. The molecule has 3 rings (SSSR count). The Balaban J connectivity index is 1.85. The van der Waals surface area contributed by atoms with Gasteiger partial charge in [-0.05, 0) is 55.3 Å². The van der Waals surface area contributed by atoms with Crippen LogP contribution in [0.3, 0.4) is 0 Å². The minimum Gasteiger partial charge on any atom is -0.497 e. The van der Waals surface area contributed by atoms with Crippen molar-refractivity contribution in [2.24, 2.45) is 0 Å². The van der Waals surface area contributed by atoms with Gasteiger partial charge in [0.1, 0.15) is 12.3 Å². The average molecular weight is 439 g/mol. The van der Waals surface area contributed by atoms with Crippen molar-refractivity contribution in [1.29, 1.82) is 0 Å². The molecule has 31 heavy (non-hydrogen) atoms. The summed E-state index contributed by atoms with van der Waals surface area (Å²) in [6.07, 6.45) is 0. The van der Waals surface area contributed by atoms with Crippen LogP contribution in [0.5, 0.6) is 5.75 Å². The quantitative estimate of drug-likeness (QED) is 0.580. The zero-order chi connectivity index (χ0) is 22.4. The molecule has 0 heterocycles. The number of benzene rings is 3. The van der Waals surface area contributed by atoms with Gasteiger partial charge in [0.15, 0.2) is 0 Å². The van der Waals surface area contributed by atoms with Gasteiger partial charge >= 0.3 is 0 Å². The number of anilines is 1. The van der Waals surface area contributed by atoms with Crippen molar-refractivity contribution in [1.82, 2.24) is 5.32 Å². The van der Waals surface area contributed by atoms with Gasteiger partial charge in [-0.1, -0.05) is 48.0 Å². The van der Waals surface area contributed by atoms with Gasteiger partial charge in [-0.3, -0.25) is 9.10 Å². The van der Waals surface area contributed by atoms with Crippen molar-refractivity contribution in [2.45, 2.75) is 25.3 Å². The van der Waals surface area contributed by atoms with Gasteiger partial charge in [0.2, 0.25) is 5.91 Å². The smallest absolute Gasteiger partial charge is 0.264 e. The van der Waals surface area contributed by atoms with Gasteiger partial charge in [-0.2, -0.15) is 0 Å². The normalized spacial score (nSPS) is 11.1. The lowest BCUT2D eigenvalue weighted by atomic mass is 10.1. The van der Waals surface area contributed by atoms with E-state index in [0.29, 0.717) is 5.69 Å². The summed E-state index contributed by atoms with van der Waals surface area (Å²) in [5, 5.41) is 2.81. The molecule has 0 aromatic heterocycles. The zero-order valence-electron chi connectivity index (χ0n) is 17.8. The van der Waals surface area contributed by atoms with E-state index in [9.17, 15) is 13.2 Å². The molecule has 3 aromatic carbocycles. The summed E-state index contributed by atoms with van der Waals surface area (Å²) in [5.74, 6) is 0.334. The number of aryl methyl sites for hydroxylation is 2. The lowest BCUT2D eigenvalue weighted by molar-refractivity contribution is -0.119. The molecular formula is C24H26N2O4S. The number of carbonyl (C=O) groups excluding carboxylic acids is 1. The molecule has 0 aliphatic rings.